The van der Waals surface area contributed by atoms with Gasteiger partial charge in [0.05, 0.1) is 26.4 Å². The van der Waals surface area contributed by atoms with Crippen LogP contribution in [0, 0.1) is 12.8 Å². The Hall–Kier alpha value is -1.83. The monoisotopic (exact) mass is 421 g/mol. The number of nitrogens with one attached hydrogen (secondary N) is 2. The Kier molecular flexibility index (Phi) is 12.3. The second kappa shape index (κ2) is 15.0. The lowest BCUT2D eigenvalue weighted by Gasteiger charge is -2.14. The maximum Gasteiger partial charge on any atom is 0.191 e. The van der Waals surface area contributed by atoms with Gasteiger partial charge in [0.2, 0.25) is 0 Å². The Morgan fingerprint density at radius 1 is 1.17 bits per heavy atom. The number of hydrogen-bond acceptors (Lipinski definition) is 5. The minimum Gasteiger partial charge on any atom is -0.491 e. The summed E-state index contributed by atoms with van der Waals surface area (Å²) in [5.74, 6) is 2.25. The summed E-state index contributed by atoms with van der Waals surface area (Å²) < 4.78 is 22.4. The molecule has 1 aromatic carbocycles. The van der Waals surface area contributed by atoms with Crippen molar-refractivity contribution >= 4 is 5.96 Å². The molecular weight excluding hydrogens is 382 g/mol. The number of hydrogen-bond donors (Lipinski definition) is 2. The first-order valence-electron chi connectivity index (χ1n) is 11.2. The summed E-state index contributed by atoms with van der Waals surface area (Å²) in [7, 11) is 0. The fourth-order valence-corrected chi connectivity index (χ4v) is 3.13. The molecule has 1 fully saturated rings. The van der Waals surface area contributed by atoms with E-state index >= 15 is 0 Å². The molecule has 7 heteroatoms. The minimum atomic E-state index is 0.541. The molecule has 0 bridgehead atoms. The zero-order valence-electron chi connectivity index (χ0n) is 18.9. The number of rotatable bonds is 14. The Morgan fingerprint density at radius 3 is 2.83 bits per heavy atom. The third kappa shape index (κ3) is 9.78. The molecule has 1 unspecified atom stereocenters. The second-order valence-electron chi connectivity index (χ2n) is 7.44. The van der Waals surface area contributed by atoms with Crippen molar-refractivity contribution in [3.05, 3.63) is 29.3 Å². The van der Waals surface area contributed by atoms with Gasteiger partial charge in [-0.2, -0.15) is 0 Å². The number of benzene rings is 1. The molecule has 0 spiro atoms. The Labute approximate surface area is 181 Å². The molecule has 1 aliphatic heterocycles. The maximum absolute atomic E-state index is 5.92. The molecule has 7 nitrogen and oxygen atoms in total. The zero-order chi connectivity index (χ0) is 21.4. The number of aliphatic imine (C=N–C) groups is 1. The van der Waals surface area contributed by atoms with Gasteiger partial charge in [-0.15, -0.1) is 0 Å². The summed E-state index contributed by atoms with van der Waals surface area (Å²) in [4.78, 5) is 4.73. The van der Waals surface area contributed by atoms with Gasteiger partial charge in [0.25, 0.3) is 0 Å². The van der Waals surface area contributed by atoms with Crippen LogP contribution in [0.4, 0.5) is 0 Å². The van der Waals surface area contributed by atoms with Crippen LogP contribution in [0.25, 0.3) is 0 Å². The van der Waals surface area contributed by atoms with Gasteiger partial charge in [0, 0.05) is 44.4 Å². The van der Waals surface area contributed by atoms with Gasteiger partial charge in [-0.25, -0.2) is 4.99 Å². The van der Waals surface area contributed by atoms with E-state index in [1.165, 1.54) is 5.56 Å². The fourth-order valence-electron chi connectivity index (χ4n) is 3.13. The van der Waals surface area contributed by atoms with Gasteiger partial charge in [-0.05, 0) is 45.2 Å². The summed E-state index contributed by atoms with van der Waals surface area (Å²) in [6.07, 6.45) is 2.06. The van der Waals surface area contributed by atoms with E-state index in [4.69, 9.17) is 23.9 Å². The lowest BCUT2D eigenvalue weighted by molar-refractivity contribution is 0.0888. The van der Waals surface area contributed by atoms with Crippen LogP contribution >= 0.6 is 0 Å². The third-order valence-corrected chi connectivity index (χ3v) is 4.80. The van der Waals surface area contributed by atoms with Crippen molar-refractivity contribution in [3.8, 4) is 5.75 Å². The van der Waals surface area contributed by atoms with Crippen LogP contribution in [0.2, 0.25) is 0 Å². The largest absolute Gasteiger partial charge is 0.491 e. The predicted octanol–water partition coefficient (Wildman–Crippen LogP) is 2.91. The van der Waals surface area contributed by atoms with E-state index in [1.54, 1.807) is 0 Å². The average Bonchev–Trinajstić information content (AvgIpc) is 3.26. The average molecular weight is 422 g/mol. The molecule has 2 rings (SSSR count). The van der Waals surface area contributed by atoms with Crippen LogP contribution in [-0.2, 0) is 20.8 Å². The van der Waals surface area contributed by atoms with Crippen LogP contribution in [0.1, 0.15) is 37.8 Å². The quantitative estimate of drug-likeness (QED) is 0.273. The number of ether oxygens (including phenoxy) is 4. The van der Waals surface area contributed by atoms with E-state index in [2.05, 4.69) is 42.7 Å². The standard InChI is InChI=1S/C23H39N3O4/c1-4-24-23(25-10-6-11-28-17-20-9-12-29-18-20)26-16-21-8-7-19(3)15-22(21)30-14-13-27-5-2/h7-8,15,20H,4-6,9-14,16-18H2,1-3H3,(H2,24,25,26). The van der Waals surface area contributed by atoms with Crippen molar-refractivity contribution in [2.45, 2.75) is 40.2 Å². The van der Waals surface area contributed by atoms with Crippen LogP contribution in [0.5, 0.6) is 5.75 Å². The van der Waals surface area contributed by atoms with Crippen LogP contribution < -0.4 is 15.4 Å². The first-order chi connectivity index (χ1) is 14.7. The van der Waals surface area contributed by atoms with Crippen LogP contribution in [0.15, 0.2) is 23.2 Å². The summed E-state index contributed by atoms with van der Waals surface area (Å²) in [5, 5.41) is 6.68. The molecule has 0 aliphatic carbocycles. The highest BCUT2D eigenvalue weighted by atomic mass is 16.5. The summed E-state index contributed by atoms with van der Waals surface area (Å²) >= 11 is 0. The number of nitrogens with zero attached hydrogens (tertiary/aromatic N) is 1. The van der Waals surface area contributed by atoms with E-state index in [0.29, 0.717) is 32.3 Å². The number of aryl methyl sites for hydroxylation is 1. The summed E-state index contributed by atoms with van der Waals surface area (Å²) in [6.45, 7) is 13.4. The maximum atomic E-state index is 5.92. The van der Waals surface area contributed by atoms with E-state index < -0.39 is 0 Å². The predicted molar refractivity (Wildman–Crippen MR) is 120 cm³/mol. The van der Waals surface area contributed by atoms with E-state index in [0.717, 1.165) is 69.6 Å². The molecule has 0 saturated carbocycles. The first-order valence-corrected chi connectivity index (χ1v) is 11.2. The highest BCUT2D eigenvalue weighted by Crippen LogP contribution is 2.21. The van der Waals surface area contributed by atoms with Gasteiger partial charge >= 0.3 is 0 Å². The van der Waals surface area contributed by atoms with Crippen molar-refractivity contribution < 1.29 is 18.9 Å². The summed E-state index contributed by atoms with van der Waals surface area (Å²) in [6, 6.07) is 6.23. The zero-order valence-corrected chi connectivity index (χ0v) is 18.9. The minimum absolute atomic E-state index is 0.541. The Bertz CT molecular complexity index is 618. The molecular formula is C23H39N3O4. The lowest BCUT2D eigenvalue weighted by atomic mass is 10.1. The molecule has 1 heterocycles. The normalized spacial score (nSPS) is 16.6. The molecule has 170 valence electrons. The lowest BCUT2D eigenvalue weighted by Crippen LogP contribution is -2.38. The van der Waals surface area contributed by atoms with Crippen molar-refractivity contribution in [1.29, 1.82) is 0 Å². The highest BCUT2D eigenvalue weighted by Gasteiger charge is 2.15. The van der Waals surface area contributed by atoms with Gasteiger partial charge < -0.3 is 29.6 Å². The smallest absolute Gasteiger partial charge is 0.191 e. The molecule has 1 aromatic rings. The van der Waals surface area contributed by atoms with Crippen molar-refractivity contribution in [3.63, 3.8) is 0 Å². The van der Waals surface area contributed by atoms with E-state index in [1.807, 2.05) is 6.92 Å². The molecule has 2 N–H and O–H groups in total. The van der Waals surface area contributed by atoms with Crippen molar-refractivity contribution in [2.24, 2.45) is 10.9 Å². The second-order valence-corrected chi connectivity index (χ2v) is 7.44. The molecule has 0 radical (unpaired) electrons. The molecule has 30 heavy (non-hydrogen) atoms. The van der Waals surface area contributed by atoms with E-state index in [9.17, 15) is 0 Å². The van der Waals surface area contributed by atoms with Gasteiger partial charge in [-0.3, -0.25) is 0 Å². The first kappa shape index (κ1) is 24.4. The molecule has 1 saturated heterocycles. The SMILES string of the molecule is CCNC(=NCc1ccc(C)cc1OCCOCC)NCCCOCC1CCOC1. The van der Waals surface area contributed by atoms with Gasteiger partial charge in [0.15, 0.2) is 5.96 Å². The van der Waals surface area contributed by atoms with Gasteiger partial charge in [-0.1, -0.05) is 12.1 Å². The third-order valence-electron chi connectivity index (χ3n) is 4.80. The van der Waals surface area contributed by atoms with Crippen LogP contribution in [-0.4, -0.2) is 65.3 Å². The molecule has 0 amide bonds. The highest BCUT2D eigenvalue weighted by molar-refractivity contribution is 5.79. The van der Waals surface area contributed by atoms with Gasteiger partial charge in [0.1, 0.15) is 12.4 Å². The Morgan fingerprint density at radius 2 is 2.07 bits per heavy atom. The Balaban J connectivity index is 1.76. The molecule has 0 aromatic heterocycles. The summed E-state index contributed by atoms with van der Waals surface area (Å²) in [5.41, 5.74) is 2.24. The molecule has 1 atom stereocenters. The van der Waals surface area contributed by atoms with E-state index in [-0.39, 0.29) is 0 Å². The molecule has 1 aliphatic rings. The fraction of sp³-hybridized carbons (Fsp3) is 0.696. The number of guanidine groups is 1. The van der Waals surface area contributed by atoms with Crippen molar-refractivity contribution in [1.82, 2.24) is 10.6 Å². The topological polar surface area (TPSA) is 73.3 Å². The van der Waals surface area contributed by atoms with Crippen molar-refractivity contribution in [2.75, 3.05) is 59.3 Å². The van der Waals surface area contributed by atoms with Crippen LogP contribution in [0.3, 0.4) is 0 Å².